The Bertz CT molecular complexity index is 4220. The van der Waals surface area contributed by atoms with Gasteiger partial charge in [-0.25, -0.2) is 15.0 Å². The molecule has 14 rings (SSSR count). The number of hydrogen-bond acceptors (Lipinski definition) is 4. The maximum Gasteiger partial charge on any atom is 0.166 e. The Labute approximate surface area is 390 Å². The van der Waals surface area contributed by atoms with Gasteiger partial charge >= 0.3 is 0 Å². The molecule has 3 aromatic heterocycles. The molecule has 14 aromatic rings. The number of rotatable bonds is 6. The zero-order chi connectivity index (χ0) is 44.7. The zero-order valence-electron chi connectivity index (χ0n) is 36.6. The van der Waals surface area contributed by atoms with Gasteiger partial charge in [0, 0.05) is 32.7 Å². The van der Waals surface area contributed by atoms with Gasteiger partial charge in [0.25, 0.3) is 0 Å². The minimum Gasteiger partial charge on any atom is -0.456 e. The van der Waals surface area contributed by atoms with Gasteiger partial charge in [0.05, 0.1) is 22.3 Å². The largest absolute Gasteiger partial charge is 0.456 e. The summed E-state index contributed by atoms with van der Waals surface area (Å²) < 4.78 is 9.29. The van der Waals surface area contributed by atoms with Gasteiger partial charge in [0.15, 0.2) is 17.5 Å². The summed E-state index contributed by atoms with van der Waals surface area (Å²) in [5.74, 6) is 1.70. The maximum atomic E-state index is 6.86. The molecule has 68 heavy (non-hydrogen) atoms. The molecule has 0 saturated carbocycles. The first-order valence-electron chi connectivity index (χ1n) is 23.0. The van der Waals surface area contributed by atoms with Gasteiger partial charge in [-0.2, -0.15) is 0 Å². The van der Waals surface area contributed by atoms with E-state index < -0.39 is 0 Å². The summed E-state index contributed by atoms with van der Waals surface area (Å²) in [6.45, 7) is 0. The van der Waals surface area contributed by atoms with E-state index in [0.717, 1.165) is 93.8 Å². The molecule has 0 fully saturated rings. The Morgan fingerprint density at radius 1 is 0.294 bits per heavy atom. The van der Waals surface area contributed by atoms with Crippen molar-refractivity contribution in [3.63, 3.8) is 0 Å². The topological polar surface area (TPSA) is 56.7 Å². The third-order valence-corrected chi connectivity index (χ3v) is 13.6. The average molecular weight is 867 g/mol. The van der Waals surface area contributed by atoms with Gasteiger partial charge in [-0.3, -0.25) is 0 Å². The molecule has 0 atom stereocenters. The first-order chi connectivity index (χ1) is 33.7. The van der Waals surface area contributed by atoms with Crippen molar-refractivity contribution in [2.24, 2.45) is 0 Å². The average Bonchev–Trinajstić information content (AvgIpc) is 3.94. The molecule has 316 valence electrons. The summed E-state index contributed by atoms with van der Waals surface area (Å²) in [4.78, 5) is 16.5. The monoisotopic (exact) mass is 866 g/mol. The molecule has 0 aliphatic carbocycles. The van der Waals surface area contributed by atoms with Crippen LogP contribution in [-0.2, 0) is 0 Å². The van der Waals surface area contributed by atoms with Gasteiger partial charge in [-0.1, -0.05) is 176 Å². The van der Waals surface area contributed by atoms with E-state index >= 15 is 0 Å². The van der Waals surface area contributed by atoms with E-state index in [1.807, 2.05) is 12.1 Å². The predicted molar refractivity (Wildman–Crippen MR) is 281 cm³/mol. The molecule has 11 aromatic carbocycles. The third-order valence-electron chi connectivity index (χ3n) is 13.6. The molecule has 0 radical (unpaired) electrons. The lowest BCUT2D eigenvalue weighted by Crippen LogP contribution is -2.04. The van der Waals surface area contributed by atoms with Crippen LogP contribution in [0.4, 0.5) is 0 Å². The summed E-state index contributed by atoms with van der Waals surface area (Å²) in [6, 6.07) is 81.7. The first-order valence-corrected chi connectivity index (χ1v) is 23.0. The molecule has 5 heteroatoms. The summed E-state index contributed by atoms with van der Waals surface area (Å²) in [5, 5.41) is 11.3. The van der Waals surface area contributed by atoms with Crippen molar-refractivity contribution in [3.05, 3.63) is 231 Å². The van der Waals surface area contributed by atoms with E-state index in [2.05, 4.69) is 223 Å². The second-order valence-electron chi connectivity index (χ2n) is 17.6. The van der Waals surface area contributed by atoms with Crippen LogP contribution < -0.4 is 0 Å². The van der Waals surface area contributed by atoms with Crippen molar-refractivity contribution in [1.29, 1.82) is 0 Å². The summed E-state index contributed by atoms with van der Waals surface area (Å²) in [7, 11) is 0. The lowest BCUT2D eigenvalue weighted by atomic mass is 10.00. The summed E-state index contributed by atoms with van der Waals surface area (Å²) in [5.41, 5.74) is 11.7. The zero-order valence-corrected chi connectivity index (χ0v) is 36.6. The van der Waals surface area contributed by atoms with Crippen molar-refractivity contribution in [1.82, 2.24) is 19.5 Å². The molecular formula is C63H38N4O. The van der Waals surface area contributed by atoms with Crippen molar-refractivity contribution in [3.8, 4) is 62.1 Å². The van der Waals surface area contributed by atoms with Gasteiger partial charge in [0.1, 0.15) is 11.2 Å². The summed E-state index contributed by atoms with van der Waals surface area (Å²) >= 11 is 0. The molecule has 5 nitrogen and oxygen atoms in total. The highest BCUT2D eigenvalue weighted by atomic mass is 16.3. The van der Waals surface area contributed by atoms with E-state index in [1.165, 1.54) is 26.9 Å². The number of furan rings is 1. The van der Waals surface area contributed by atoms with Crippen molar-refractivity contribution >= 4 is 76.1 Å². The van der Waals surface area contributed by atoms with Crippen LogP contribution in [0.15, 0.2) is 235 Å². The van der Waals surface area contributed by atoms with Crippen LogP contribution >= 0.6 is 0 Å². The van der Waals surface area contributed by atoms with Crippen LogP contribution in [0.3, 0.4) is 0 Å². The highest BCUT2D eigenvalue weighted by molar-refractivity contribution is 6.24. The van der Waals surface area contributed by atoms with Crippen LogP contribution in [0.1, 0.15) is 0 Å². The quantitative estimate of drug-likeness (QED) is 0.167. The van der Waals surface area contributed by atoms with Crippen LogP contribution in [0.25, 0.3) is 138 Å². The third kappa shape index (κ3) is 6.14. The van der Waals surface area contributed by atoms with E-state index in [9.17, 15) is 0 Å². The van der Waals surface area contributed by atoms with E-state index in [1.54, 1.807) is 0 Å². The van der Waals surface area contributed by atoms with Gasteiger partial charge < -0.3 is 8.98 Å². The first kappa shape index (κ1) is 38.1. The molecule has 0 bridgehead atoms. The number of aromatic nitrogens is 4. The Balaban J connectivity index is 1.13. The van der Waals surface area contributed by atoms with Gasteiger partial charge in [0.2, 0.25) is 0 Å². The molecule has 0 amide bonds. The van der Waals surface area contributed by atoms with Crippen LogP contribution in [0, 0.1) is 0 Å². The van der Waals surface area contributed by atoms with E-state index in [-0.39, 0.29) is 0 Å². The van der Waals surface area contributed by atoms with Crippen LogP contribution in [0.2, 0.25) is 0 Å². The lowest BCUT2D eigenvalue weighted by molar-refractivity contribution is 0.669. The normalized spacial score (nSPS) is 11.8. The fourth-order valence-electron chi connectivity index (χ4n) is 10.4. The van der Waals surface area contributed by atoms with Crippen LogP contribution in [0.5, 0.6) is 0 Å². The molecule has 0 unspecified atom stereocenters. The Morgan fingerprint density at radius 2 is 0.809 bits per heavy atom. The molecule has 0 saturated heterocycles. The fraction of sp³-hybridized carbons (Fsp3) is 0. The van der Waals surface area contributed by atoms with Crippen molar-refractivity contribution in [2.45, 2.75) is 0 Å². The van der Waals surface area contributed by atoms with E-state index in [0.29, 0.717) is 17.5 Å². The molecule has 0 aliphatic rings. The summed E-state index contributed by atoms with van der Waals surface area (Å²) in [6.07, 6.45) is 0. The minimum absolute atomic E-state index is 0.549. The second-order valence-corrected chi connectivity index (χ2v) is 17.6. The number of hydrogen-bond donors (Lipinski definition) is 0. The maximum absolute atomic E-state index is 6.86. The van der Waals surface area contributed by atoms with Gasteiger partial charge in [-0.15, -0.1) is 0 Å². The smallest absolute Gasteiger partial charge is 0.166 e. The van der Waals surface area contributed by atoms with Crippen molar-refractivity contribution < 1.29 is 4.42 Å². The molecule has 0 spiro atoms. The standard InChI is InChI=1S/C63H38N4O/c1-3-15-39(16-4-1)42-24-13-26-48(33-42)61-64-62(49-27-14-25-43(34-49)40-17-5-2-6-18-40)66-63(65-61)60-54(31-32-56-59(60)52-36-45-21-8-10-23-47(45)38-57(52)68-56)67-53-30-29-41-19-11-12-28-50(41)58(53)51-35-44-20-7-9-22-46(44)37-55(51)67/h1-38H. The molecule has 0 N–H and O–H groups in total. The SMILES string of the molecule is c1ccc(-c2cccc(-c3nc(-c4cccc(-c5ccccc5)c4)nc(-c4c(-n5c6cc7ccccc7cc6c6c7ccccc7ccc65)ccc5oc6cc7ccccc7cc6c45)n3)c2)cc1. The molecular weight excluding hydrogens is 829 g/mol. The van der Waals surface area contributed by atoms with E-state index in [4.69, 9.17) is 19.4 Å². The molecule has 3 heterocycles. The number of benzene rings is 11. The fourth-order valence-corrected chi connectivity index (χ4v) is 10.4. The Morgan fingerprint density at radius 3 is 1.46 bits per heavy atom. The van der Waals surface area contributed by atoms with Crippen molar-refractivity contribution in [2.75, 3.05) is 0 Å². The highest BCUT2D eigenvalue weighted by Crippen LogP contribution is 2.46. The number of nitrogens with zero attached hydrogens (tertiary/aromatic N) is 4. The Kier molecular flexibility index (Phi) is 8.52. The highest BCUT2D eigenvalue weighted by Gasteiger charge is 2.26. The van der Waals surface area contributed by atoms with Crippen LogP contribution in [-0.4, -0.2) is 19.5 Å². The van der Waals surface area contributed by atoms with Gasteiger partial charge in [-0.05, 0) is 109 Å². The second kappa shape index (κ2) is 15.2. The minimum atomic E-state index is 0.549. The Hall–Kier alpha value is -9.19. The lowest BCUT2D eigenvalue weighted by Gasteiger charge is -2.16. The number of fused-ring (bicyclic) bond motifs is 10. The predicted octanol–water partition coefficient (Wildman–Crippen LogP) is 16.7. The molecule has 0 aliphatic heterocycles.